The number of aromatic nitrogens is 4. The molecule has 0 aliphatic carbocycles. The van der Waals surface area contributed by atoms with Crippen molar-refractivity contribution in [1.82, 2.24) is 20.2 Å². The van der Waals surface area contributed by atoms with Crippen LogP contribution in [0.1, 0.15) is 5.56 Å². The van der Waals surface area contributed by atoms with Crippen LogP contribution in [0.15, 0.2) is 54.5 Å². The van der Waals surface area contributed by atoms with Gasteiger partial charge in [0.25, 0.3) is 0 Å². The number of nitrogens with one attached hydrogen (secondary N) is 3. The maximum absolute atomic E-state index is 12.0. The van der Waals surface area contributed by atoms with Gasteiger partial charge in [-0.05, 0) is 18.2 Å². The first-order chi connectivity index (χ1) is 10.8. The van der Waals surface area contributed by atoms with E-state index in [1.54, 1.807) is 30.7 Å². The maximum Gasteiger partial charge on any atom is 0.226 e. The molecular formula is C15H11N5O2. The predicted molar refractivity (Wildman–Crippen MR) is 80.5 cm³/mol. The average molecular weight is 293 g/mol. The molecule has 3 aromatic rings. The number of anilines is 1. The summed E-state index contributed by atoms with van der Waals surface area (Å²) >= 11 is 0. The van der Waals surface area contributed by atoms with Crippen LogP contribution >= 0.6 is 0 Å². The van der Waals surface area contributed by atoms with Gasteiger partial charge in [-0.3, -0.25) is 9.89 Å². The average Bonchev–Trinajstić information content (AvgIpc) is 3.23. The van der Waals surface area contributed by atoms with Crippen molar-refractivity contribution >= 4 is 28.7 Å². The summed E-state index contributed by atoms with van der Waals surface area (Å²) in [6, 6.07) is 5.51. The molecule has 0 unspecified atom stereocenters. The second-order valence-electron chi connectivity index (χ2n) is 4.71. The highest BCUT2D eigenvalue weighted by Crippen LogP contribution is 2.24. The Balaban J connectivity index is 1.60. The van der Waals surface area contributed by atoms with Crippen molar-refractivity contribution in [2.45, 2.75) is 0 Å². The molecule has 7 heteroatoms. The lowest BCUT2D eigenvalue weighted by molar-refractivity contribution is -0.112. The SMILES string of the molecule is O=C1C=C(Nc2cc[nH]n2)O/C1=C\c1c[nH]c2ncccc12. The lowest BCUT2D eigenvalue weighted by atomic mass is 10.2. The van der Waals surface area contributed by atoms with E-state index in [0.29, 0.717) is 11.7 Å². The second kappa shape index (κ2) is 4.88. The number of allylic oxidation sites excluding steroid dienone is 1. The van der Waals surface area contributed by atoms with Gasteiger partial charge >= 0.3 is 0 Å². The van der Waals surface area contributed by atoms with E-state index >= 15 is 0 Å². The van der Waals surface area contributed by atoms with Gasteiger partial charge in [0.15, 0.2) is 11.6 Å². The molecule has 0 radical (unpaired) electrons. The largest absolute Gasteiger partial charge is 0.437 e. The quantitative estimate of drug-likeness (QED) is 0.643. The molecule has 0 aromatic carbocycles. The summed E-state index contributed by atoms with van der Waals surface area (Å²) in [7, 11) is 0. The van der Waals surface area contributed by atoms with Crippen molar-refractivity contribution in [3.63, 3.8) is 0 Å². The first kappa shape index (κ1) is 12.4. The number of nitrogens with zero attached hydrogens (tertiary/aromatic N) is 2. The Hall–Kier alpha value is -3.35. The summed E-state index contributed by atoms with van der Waals surface area (Å²) in [5.74, 6) is 0.983. The summed E-state index contributed by atoms with van der Waals surface area (Å²) in [6.07, 6.45) is 8.27. The number of H-pyrrole nitrogens is 2. The summed E-state index contributed by atoms with van der Waals surface area (Å²) in [5, 5.41) is 10.5. The normalized spacial score (nSPS) is 16.1. The highest BCUT2D eigenvalue weighted by Gasteiger charge is 2.21. The Morgan fingerprint density at radius 3 is 3.14 bits per heavy atom. The van der Waals surface area contributed by atoms with Crippen molar-refractivity contribution in [2.24, 2.45) is 0 Å². The number of carbonyl (C=O) groups excluding carboxylic acids is 1. The van der Waals surface area contributed by atoms with E-state index in [1.165, 1.54) is 6.08 Å². The van der Waals surface area contributed by atoms with Crippen LogP contribution in [0.3, 0.4) is 0 Å². The van der Waals surface area contributed by atoms with Gasteiger partial charge in [0.1, 0.15) is 5.65 Å². The Bertz CT molecular complexity index is 905. The van der Waals surface area contributed by atoms with E-state index in [2.05, 4.69) is 25.5 Å². The van der Waals surface area contributed by atoms with Crippen LogP contribution < -0.4 is 5.32 Å². The molecule has 108 valence electrons. The predicted octanol–water partition coefficient (Wildman–Crippen LogP) is 2.18. The monoisotopic (exact) mass is 293 g/mol. The molecule has 0 fully saturated rings. The molecule has 7 nitrogen and oxygen atoms in total. The third-order valence-electron chi connectivity index (χ3n) is 3.25. The standard InChI is InChI=1S/C15H11N5O2/c21-11-7-14(19-13-3-5-18-20-13)22-12(11)6-9-8-17-15-10(9)2-1-4-16-15/h1-8H,(H,16,17)(H2,18,19,20)/b12-6-. The van der Waals surface area contributed by atoms with E-state index in [-0.39, 0.29) is 11.5 Å². The molecule has 0 atom stereocenters. The van der Waals surface area contributed by atoms with Gasteiger partial charge < -0.3 is 15.0 Å². The van der Waals surface area contributed by atoms with Crippen molar-refractivity contribution < 1.29 is 9.53 Å². The molecule has 4 rings (SSSR count). The van der Waals surface area contributed by atoms with Gasteiger partial charge in [-0.15, -0.1) is 0 Å². The zero-order valence-electron chi connectivity index (χ0n) is 11.3. The summed E-state index contributed by atoms with van der Waals surface area (Å²) in [6.45, 7) is 0. The van der Waals surface area contributed by atoms with Crippen molar-refractivity contribution in [3.05, 3.63) is 60.1 Å². The first-order valence-electron chi connectivity index (χ1n) is 6.64. The molecule has 1 aliphatic rings. The maximum atomic E-state index is 12.0. The van der Waals surface area contributed by atoms with E-state index in [0.717, 1.165) is 16.6 Å². The first-order valence-corrected chi connectivity index (χ1v) is 6.64. The molecule has 0 amide bonds. The number of ether oxygens (including phenoxy) is 1. The zero-order valence-corrected chi connectivity index (χ0v) is 11.3. The number of pyridine rings is 1. The number of rotatable bonds is 3. The second-order valence-corrected chi connectivity index (χ2v) is 4.71. The van der Waals surface area contributed by atoms with Crippen LogP contribution in [0.2, 0.25) is 0 Å². The van der Waals surface area contributed by atoms with Crippen molar-refractivity contribution in [2.75, 3.05) is 5.32 Å². The van der Waals surface area contributed by atoms with E-state index in [4.69, 9.17) is 4.74 Å². The van der Waals surface area contributed by atoms with Crippen LogP contribution in [0, 0.1) is 0 Å². The van der Waals surface area contributed by atoms with Gasteiger partial charge in [0.2, 0.25) is 11.7 Å². The van der Waals surface area contributed by atoms with Gasteiger partial charge in [0, 0.05) is 35.6 Å². The van der Waals surface area contributed by atoms with Crippen LogP contribution in [-0.4, -0.2) is 25.9 Å². The molecule has 0 bridgehead atoms. The summed E-state index contributed by atoms with van der Waals surface area (Å²) < 4.78 is 5.54. The van der Waals surface area contributed by atoms with Crippen molar-refractivity contribution in [3.8, 4) is 0 Å². The van der Waals surface area contributed by atoms with Crippen LogP contribution in [-0.2, 0) is 9.53 Å². The minimum atomic E-state index is -0.198. The Labute approximate surface area is 124 Å². The summed E-state index contributed by atoms with van der Waals surface area (Å²) in [4.78, 5) is 19.3. The minimum absolute atomic E-state index is 0.198. The highest BCUT2D eigenvalue weighted by atomic mass is 16.5. The fourth-order valence-corrected chi connectivity index (χ4v) is 2.24. The van der Waals surface area contributed by atoms with E-state index in [9.17, 15) is 4.79 Å². The molecule has 0 saturated heterocycles. The fraction of sp³-hybridized carbons (Fsp3) is 0. The number of ketones is 1. The number of hydrogen-bond donors (Lipinski definition) is 3. The van der Waals surface area contributed by atoms with E-state index < -0.39 is 0 Å². The van der Waals surface area contributed by atoms with Gasteiger partial charge in [-0.2, -0.15) is 5.10 Å². The third-order valence-corrected chi connectivity index (χ3v) is 3.25. The molecule has 3 N–H and O–H groups in total. The molecule has 0 spiro atoms. The topological polar surface area (TPSA) is 95.7 Å². The molecule has 1 aliphatic heterocycles. The van der Waals surface area contributed by atoms with Crippen LogP contribution in [0.5, 0.6) is 0 Å². The minimum Gasteiger partial charge on any atom is -0.437 e. The molecule has 4 heterocycles. The third kappa shape index (κ3) is 2.14. The number of aromatic amines is 2. The number of fused-ring (bicyclic) bond motifs is 1. The fourth-order valence-electron chi connectivity index (χ4n) is 2.24. The Morgan fingerprint density at radius 1 is 1.32 bits per heavy atom. The van der Waals surface area contributed by atoms with Crippen LogP contribution in [0.25, 0.3) is 17.1 Å². The number of hydrogen-bond acceptors (Lipinski definition) is 5. The van der Waals surface area contributed by atoms with Gasteiger partial charge in [-0.1, -0.05) is 0 Å². The molecule has 3 aromatic heterocycles. The molecule has 22 heavy (non-hydrogen) atoms. The molecular weight excluding hydrogens is 282 g/mol. The lowest BCUT2D eigenvalue weighted by Gasteiger charge is -2.04. The van der Waals surface area contributed by atoms with Gasteiger partial charge in [0.05, 0.1) is 6.08 Å². The van der Waals surface area contributed by atoms with E-state index in [1.807, 2.05) is 12.1 Å². The van der Waals surface area contributed by atoms with Crippen LogP contribution in [0.4, 0.5) is 5.82 Å². The van der Waals surface area contributed by atoms with Gasteiger partial charge in [-0.25, -0.2) is 4.98 Å². The molecule has 0 saturated carbocycles. The smallest absolute Gasteiger partial charge is 0.226 e. The Morgan fingerprint density at radius 2 is 2.27 bits per heavy atom. The number of carbonyl (C=O) groups is 1. The Kier molecular flexibility index (Phi) is 2.75. The highest BCUT2D eigenvalue weighted by molar-refractivity contribution is 6.09. The zero-order chi connectivity index (χ0) is 14.9. The lowest BCUT2D eigenvalue weighted by Crippen LogP contribution is -1.99. The van der Waals surface area contributed by atoms with Crippen molar-refractivity contribution in [1.29, 1.82) is 0 Å². The summed E-state index contributed by atoms with van der Waals surface area (Å²) in [5.41, 5.74) is 1.61.